The SMILES string of the molecule is Cc1occc1C(=O)N1Cc2ncn(C)c2[C@@H](COCC2CC2)C1. The van der Waals surface area contributed by atoms with E-state index in [-0.39, 0.29) is 11.8 Å². The lowest BCUT2D eigenvalue weighted by atomic mass is 9.98. The number of hydrogen-bond donors (Lipinski definition) is 0. The maximum Gasteiger partial charge on any atom is 0.257 e. The highest BCUT2D eigenvalue weighted by Crippen LogP contribution is 2.32. The molecule has 4 rings (SSSR count). The minimum absolute atomic E-state index is 0.00439. The molecule has 0 N–H and O–H groups in total. The van der Waals surface area contributed by atoms with Crippen LogP contribution in [0.1, 0.15) is 46.3 Å². The Balaban J connectivity index is 1.53. The van der Waals surface area contributed by atoms with Crippen LogP contribution in [-0.4, -0.2) is 40.1 Å². The molecule has 1 aliphatic heterocycles. The number of imidazole rings is 1. The second kappa shape index (κ2) is 6.09. The van der Waals surface area contributed by atoms with E-state index in [4.69, 9.17) is 9.15 Å². The van der Waals surface area contributed by atoms with Gasteiger partial charge in [-0.2, -0.15) is 0 Å². The number of ether oxygens (including phenoxy) is 1. The van der Waals surface area contributed by atoms with Gasteiger partial charge in [0.05, 0.1) is 37.0 Å². The molecule has 6 nitrogen and oxygen atoms in total. The van der Waals surface area contributed by atoms with E-state index in [9.17, 15) is 4.79 Å². The lowest BCUT2D eigenvalue weighted by Gasteiger charge is -2.32. The van der Waals surface area contributed by atoms with Gasteiger partial charge < -0.3 is 18.6 Å². The van der Waals surface area contributed by atoms with E-state index in [2.05, 4.69) is 9.55 Å². The van der Waals surface area contributed by atoms with E-state index in [0.29, 0.717) is 31.0 Å². The highest BCUT2D eigenvalue weighted by Gasteiger charge is 2.33. The largest absolute Gasteiger partial charge is 0.469 e. The molecule has 1 atom stereocenters. The second-order valence-corrected chi connectivity index (χ2v) is 6.94. The van der Waals surface area contributed by atoms with Crippen LogP contribution in [0.5, 0.6) is 0 Å². The van der Waals surface area contributed by atoms with Gasteiger partial charge in [-0.3, -0.25) is 4.79 Å². The fourth-order valence-electron chi connectivity index (χ4n) is 3.46. The van der Waals surface area contributed by atoms with Crippen molar-refractivity contribution in [3.8, 4) is 0 Å². The predicted molar refractivity (Wildman–Crippen MR) is 87.7 cm³/mol. The van der Waals surface area contributed by atoms with Crippen LogP contribution in [0, 0.1) is 12.8 Å². The van der Waals surface area contributed by atoms with E-state index >= 15 is 0 Å². The molecular weight excluding hydrogens is 306 g/mol. The monoisotopic (exact) mass is 329 g/mol. The van der Waals surface area contributed by atoms with Crippen LogP contribution < -0.4 is 0 Å². The molecule has 1 saturated carbocycles. The van der Waals surface area contributed by atoms with E-state index in [1.807, 2.05) is 25.2 Å². The Bertz CT molecular complexity index is 745. The van der Waals surface area contributed by atoms with Gasteiger partial charge in [-0.25, -0.2) is 4.98 Å². The first kappa shape index (κ1) is 15.4. The normalized spacial score (nSPS) is 20.2. The first-order valence-electron chi connectivity index (χ1n) is 8.54. The van der Waals surface area contributed by atoms with E-state index < -0.39 is 0 Å². The van der Waals surface area contributed by atoms with Gasteiger partial charge in [0, 0.05) is 31.8 Å². The molecule has 0 unspecified atom stereocenters. The molecule has 128 valence electrons. The highest BCUT2D eigenvalue weighted by atomic mass is 16.5. The number of fused-ring (bicyclic) bond motifs is 1. The van der Waals surface area contributed by atoms with E-state index in [1.165, 1.54) is 18.5 Å². The van der Waals surface area contributed by atoms with Gasteiger partial charge in [-0.05, 0) is 31.7 Å². The number of rotatable bonds is 5. The van der Waals surface area contributed by atoms with E-state index in [0.717, 1.165) is 18.2 Å². The third-order valence-corrected chi connectivity index (χ3v) is 4.98. The minimum atomic E-state index is 0.00439. The zero-order valence-corrected chi connectivity index (χ0v) is 14.2. The molecule has 0 spiro atoms. The van der Waals surface area contributed by atoms with Crippen molar-refractivity contribution in [2.24, 2.45) is 13.0 Å². The fourth-order valence-corrected chi connectivity index (χ4v) is 3.46. The third-order valence-electron chi connectivity index (χ3n) is 4.98. The summed E-state index contributed by atoms with van der Waals surface area (Å²) < 4.78 is 13.3. The van der Waals surface area contributed by atoms with Crippen molar-refractivity contribution in [2.45, 2.75) is 32.2 Å². The quantitative estimate of drug-likeness (QED) is 0.845. The van der Waals surface area contributed by atoms with Gasteiger partial charge in [0.25, 0.3) is 5.91 Å². The number of carbonyl (C=O) groups is 1. The molecule has 0 saturated heterocycles. The van der Waals surface area contributed by atoms with Crippen molar-refractivity contribution in [3.05, 3.63) is 41.4 Å². The summed E-state index contributed by atoms with van der Waals surface area (Å²) in [6.07, 6.45) is 5.96. The van der Waals surface area contributed by atoms with Gasteiger partial charge >= 0.3 is 0 Å². The van der Waals surface area contributed by atoms with Crippen molar-refractivity contribution in [1.82, 2.24) is 14.5 Å². The zero-order chi connectivity index (χ0) is 16.7. The summed E-state index contributed by atoms with van der Waals surface area (Å²) >= 11 is 0. The summed E-state index contributed by atoms with van der Waals surface area (Å²) in [4.78, 5) is 19.2. The Kier molecular flexibility index (Phi) is 3.92. The number of aromatic nitrogens is 2. The van der Waals surface area contributed by atoms with Crippen molar-refractivity contribution in [3.63, 3.8) is 0 Å². The summed E-state index contributed by atoms with van der Waals surface area (Å²) in [5.41, 5.74) is 2.80. The minimum Gasteiger partial charge on any atom is -0.469 e. The van der Waals surface area contributed by atoms with Crippen molar-refractivity contribution >= 4 is 5.91 Å². The Morgan fingerprint density at radius 3 is 2.96 bits per heavy atom. The molecule has 0 aromatic carbocycles. The van der Waals surface area contributed by atoms with Gasteiger partial charge in [0.1, 0.15) is 5.76 Å². The number of aryl methyl sites for hydroxylation is 2. The Morgan fingerprint density at radius 2 is 2.25 bits per heavy atom. The third kappa shape index (κ3) is 2.86. The molecule has 1 fully saturated rings. The lowest BCUT2D eigenvalue weighted by Crippen LogP contribution is -2.40. The summed E-state index contributed by atoms with van der Waals surface area (Å²) in [5, 5.41) is 0. The predicted octanol–water partition coefficient (Wildman–Crippen LogP) is 2.49. The molecule has 1 aliphatic carbocycles. The Hall–Kier alpha value is -2.08. The number of carbonyl (C=O) groups excluding carboxylic acids is 1. The van der Waals surface area contributed by atoms with Crippen LogP contribution in [0.2, 0.25) is 0 Å². The average molecular weight is 329 g/mol. The molecule has 3 heterocycles. The van der Waals surface area contributed by atoms with Crippen LogP contribution >= 0.6 is 0 Å². The Labute approximate surface area is 141 Å². The van der Waals surface area contributed by atoms with Crippen LogP contribution in [0.25, 0.3) is 0 Å². The van der Waals surface area contributed by atoms with Gasteiger partial charge in [-0.1, -0.05) is 0 Å². The van der Waals surface area contributed by atoms with Gasteiger partial charge in [0.2, 0.25) is 0 Å². The number of amides is 1. The topological polar surface area (TPSA) is 60.5 Å². The maximum absolute atomic E-state index is 12.8. The van der Waals surface area contributed by atoms with Crippen LogP contribution in [0.15, 0.2) is 23.1 Å². The summed E-state index contributed by atoms with van der Waals surface area (Å²) in [6.45, 7) is 4.48. The number of furan rings is 1. The average Bonchev–Trinajstić information content (AvgIpc) is 3.18. The van der Waals surface area contributed by atoms with Crippen LogP contribution in [-0.2, 0) is 18.3 Å². The molecule has 2 aromatic heterocycles. The molecule has 0 bridgehead atoms. The number of hydrogen-bond acceptors (Lipinski definition) is 4. The summed E-state index contributed by atoms with van der Waals surface area (Å²) in [7, 11) is 2.01. The van der Waals surface area contributed by atoms with Crippen molar-refractivity contribution < 1.29 is 13.9 Å². The van der Waals surface area contributed by atoms with Crippen LogP contribution in [0.3, 0.4) is 0 Å². The molecule has 0 radical (unpaired) electrons. The summed E-state index contributed by atoms with van der Waals surface area (Å²) in [6, 6.07) is 1.74. The smallest absolute Gasteiger partial charge is 0.257 e. The summed E-state index contributed by atoms with van der Waals surface area (Å²) in [5.74, 6) is 1.57. The Morgan fingerprint density at radius 1 is 1.42 bits per heavy atom. The highest BCUT2D eigenvalue weighted by molar-refractivity contribution is 5.95. The zero-order valence-electron chi connectivity index (χ0n) is 14.2. The first-order valence-corrected chi connectivity index (χ1v) is 8.54. The van der Waals surface area contributed by atoms with Gasteiger partial charge in [-0.15, -0.1) is 0 Å². The van der Waals surface area contributed by atoms with Crippen LogP contribution in [0.4, 0.5) is 0 Å². The fraction of sp³-hybridized carbons (Fsp3) is 0.556. The standard InChI is InChI=1S/C18H23N3O3/c1-12-15(5-6-24-12)18(22)21-7-14(10-23-9-13-3-4-13)17-16(8-21)19-11-20(17)2/h5-6,11,13-14H,3-4,7-10H2,1-2H3/t14-/m1/s1. The maximum atomic E-state index is 12.8. The lowest BCUT2D eigenvalue weighted by molar-refractivity contribution is 0.0617. The van der Waals surface area contributed by atoms with Gasteiger partial charge in [0.15, 0.2) is 0 Å². The molecule has 1 amide bonds. The van der Waals surface area contributed by atoms with Crippen molar-refractivity contribution in [1.29, 1.82) is 0 Å². The molecule has 24 heavy (non-hydrogen) atoms. The van der Waals surface area contributed by atoms with Crippen molar-refractivity contribution in [2.75, 3.05) is 19.8 Å². The molecule has 2 aromatic rings. The molecular formula is C18H23N3O3. The van der Waals surface area contributed by atoms with E-state index in [1.54, 1.807) is 12.3 Å². The number of nitrogens with zero attached hydrogens (tertiary/aromatic N) is 3. The molecule has 6 heteroatoms. The second-order valence-electron chi connectivity index (χ2n) is 6.94. The first-order chi connectivity index (χ1) is 11.6. The molecule has 2 aliphatic rings.